The Bertz CT molecular complexity index is 408. The van der Waals surface area contributed by atoms with Gasteiger partial charge in [-0.3, -0.25) is 0 Å². The van der Waals surface area contributed by atoms with Crippen molar-refractivity contribution in [1.29, 1.82) is 5.26 Å². The molecular formula is C12H16N4. The molecule has 0 spiro atoms. The Kier molecular flexibility index (Phi) is 3.04. The first-order valence-electron chi connectivity index (χ1n) is 5.72. The number of hydrogen-bond acceptors (Lipinski definition) is 4. The van der Waals surface area contributed by atoms with E-state index in [0.29, 0.717) is 17.5 Å². The first kappa shape index (κ1) is 10.9. The third-order valence-corrected chi connectivity index (χ3v) is 3.16. The molecule has 4 heteroatoms. The van der Waals surface area contributed by atoms with Crippen molar-refractivity contribution in [2.45, 2.75) is 32.7 Å². The summed E-state index contributed by atoms with van der Waals surface area (Å²) in [6.07, 6.45) is 3.92. The summed E-state index contributed by atoms with van der Waals surface area (Å²) in [6, 6.07) is 4.41. The topological polar surface area (TPSA) is 52.8 Å². The second-order valence-corrected chi connectivity index (χ2v) is 4.53. The zero-order chi connectivity index (χ0) is 11.5. The third kappa shape index (κ3) is 1.85. The van der Waals surface area contributed by atoms with Crippen molar-refractivity contribution in [2.75, 3.05) is 11.4 Å². The van der Waals surface area contributed by atoms with Crippen LogP contribution in [0.25, 0.3) is 0 Å². The molecule has 1 atom stereocenters. The van der Waals surface area contributed by atoms with Gasteiger partial charge in [0.15, 0.2) is 5.82 Å². The number of rotatable bonds is 2. The van der Waals surface area contributed by atoms with Crippen molar-refractivity contribution in [3.8, 4) is 6.07 Å². The molecule has 0 amide bonds. The lowest BCUT2D eigenvalue weighted by atomic mass is 10.0. The summed E-state index contributed by atoms with van der Waals surface area (Å²) in [5, 5.41) is 17.1. The van der Waals surface area contributed by atoms with Crippen LogP contribution >= 0.6 is 0 Å². The highest BCUT2D eigenvalue weighted by molar-refractivity contribution is 5.53. The first-order valence-corrected chi connectivity index (χ1v) is 5.72. The van der Waals surface area contributed by atoms with E-state index in [-0.39, 0.29) is 0 Å². The molecule has 16 heavy (non-hydrogen) atoms. The summed E-state index contributed by atoms with van der Waals surface area (Å²) < 4.78 is 0. The van der Waals surface area contributed by atoms with Crippen LogP contribution in [0.3, 0.4) is 0 Å². The Balaban J connectivity index is 2.33. The molecule has 0 bridgehead atoms. The maximum absolute atomic E-state index is 9.06. The molecule has 0 aliphatic carbocycles. The van der Waals surface area contributed by atoms with Crippen LogP contribution in [0.2, 0.25) is 0 Å². The molecule has 4 nitrogen and oxygen atoms in total. The Morgan fingerprint density at radius 1 is 1.56 bits per heavy atom. The van der Waals surface area contributed by atoms with Crippen LogP contribution in [-0.4, -0.2) is 22.8 Å². The average molecular weight is 216 g/mol. The van der Waals surface area contributed by atoms with Crippen molar-refractivity contribution < 1.29 is 0 Å². The van der Waals surface area contributed by atoms with Gasteiger partial charge in [0.05, 0.1) is 11.8 Å². The van der Waals surface area contributed by atoms with Crippen LogP contribution in [0.4, 0.5) is 5.82 Å². The summed E-state index contributed by atoms with van der Waals surface area (Å²) in [5.74, 6) is 1.33. The smallest absolute Gasteiger partial charge is 0.169 e. The van der Waals surface area contributed by atoms with Gasteiger partial charge >= 0.3 is 0 Å². The number of hydrogen-bond donors (Lipinski definition) is 0. The van der Waals surface area contributed by atoms with Crippen LogP contribution in [0.15, 0.2) is 12.3 Å². The van der Waals surface area contributed by atoms with E-state index < -0.39 is 0 Å². The van der Waals surface area contributed by atoms with Gasteiger partial charge in [0.2, 0.25) is 0 Å². The standard InChI is InChI=1S/C12H16N4/c1-9(2)11-4-3-7-16(11)12-10(8-13)5-6-14-15-12/h5-6,9,11H,3-4,7H2,1-2H3. The molecule has 1 aromatic rings. The zero-order valence-electron chi connectivity index (χ0n) is 9.72. The van der Waals surface area contributed by atoms with E-state index in [0.717, 1.165) is 12.4 Å². The van der Waals surface area contributed by atoms with Gasteiger partial charge in [-0.1, -0.05) is 13.8 Å². The van der Waals surface area contributed by atoms with E-state index in [2.05, 4.69) is 35.0 Å². The van der Waals surface area contributed by atoms with Gasteiger partial charge in [-0.05, 0) is 24.8 Å². The Morgan fingerprint density at radius 2 is 2.38 bits per heavy atom. The summed E-state index contributed by atoms with van der Waals surface area (Å²) in [5.41, 5.74) is 0.627. The van der Waals surface area contributed by atoms with Crippen molar-refractivity contribution in [3.05, 3.63) is 17.8 Å². The SMILES string of the molecule is CC(C)C1CCCN1c1nnccc1C#N. The zero-order valence-corrected chi connectivity index (χ0v) is 9.72. The lowest BCUT2D eigenvalue weighted by molar-refractivity contribution is 0.488. The monoisotopic (exact) mass is 216 g/mol. The largest absolute Gasteiger partial charge is 0.351 e. The predicted molar refractivity (Wildman–Crippen MR) is 62.0 cm³/mol. The van der Waals surface area contributed by atoms with E-state index in [1.165, 1.54) is 12.8 Å². The molecular weight excluding hydrogens is 200 g/mol. The summed E-state index contributed by atoms with van der Waals surface area (Å²) in [4.78, 5) is 2.23. The molecule has 1 unspecified atom stereocenters. The maximum Gasteiger partial charge on any atom is 0.169 e. The van der Waals surface area contributed by atoms with E-state index in [9.17, 15) is 0 Å². The van der Waals surface area contributed by atoms with Crippen molar-refractivity contribution in [1.82, 2.24) is 10.2 Å². The fourth-order valence-electron chi connectivity index (χ4n) is 2.37. The summed E-state index contributed by atoms with van der Waals surface area (Å²) in [6.45, 7) is 5.41. The molecule has 0 radical (unpaired) electrons. The molecule has 1 aliphatic heterocycles. The highest BCUT2D eigenvalue weighted by atomic mass is 15.3. The van der Waals surface area contributed by atoms with E-state index in [1.807, 2.05) is 0 Å². The fraction of sp³-hybridized carbons (Fsp3) is 0.583. The fourth-order valence-corrected chi connectivity index (χ4v) is 2.37. The van der Waals surface area contributed by atoms with Gasteiger partial charge in [0.1, 0.15) is 6.07 Å². The number of aromatic nitrogens is 2. The third-order valence-electron chi connectivity index (χ3n) is 3.16. The van der Waals surface area contributed by atoms with Crippen LogP contribution in [0, 0.1) is 17.2 Å². The second kappa shape index (κ2) is 4.48. The Hall–Kier alpha value is -1.63. The quantitative estimate of drug-likeness (QED) is 0.758. The summed E-state index contributed by atoms with van der Waals surface area (Å²) >= 11 is 0. The molecule has 2 rings (SSSR count). The number of nitrogens with zero attached hydrogens (tertiary/aromatic N) is 4. The van der Waals surface area contributed by atoms with E-state index >= 15 is 0 Å². The van der Waals surface area contributed by atoms with Crippen LogP contribution < -0.4 is 4.90 Å². The molecule has 1 fully saturated rings. The highest BCUT2D eigenvalue weighted by Crippen LogP contribution is 2.29. The van der Waals surface area contributed by atoms with Gasteiger partial charge in [-0.15, -0.1) is 5.10 Å². The van der Waals surface area contributed by atoms with Gasteiger partial charge in [0, 0.05) is 12.6 Å². The normalized spacial score (nSPS) is 20.1. The average Bonchev–Trinajstić information content (AvgIpc) is 2.77. The lowest BCUT2D eigenvalue weighted by Gasteiger charge is -2.28. The van der Waals surface area contributed by atoms with E-state index in [4.69, 9.17) is 5.26 Å². The minimum Gasteiger partial charge on any atom is -0.351 e. The molecule has 1 saturated heterocycles. The van der Waals surface area contributed by atoms with Gasteiger partial charge in [0.25, 0.3) is 0 Å². The molecule has 0 N–H and O–H groups in total. The molecule has 0 saturated carbocycles. The number of anilines is 1. The predicted octanol–water partition coefficient (Wildman–Crippen LogP) is 1.97. The minimum atomic E-state index is 0.490. The lowest BCUT2D eigenvalue weighted by Crippen LogP contribution is -2.34. The van der Waals surface area contributed by atoms with Crippen molar-refractivity contribution in [3.63, 3.8) is 0 Å². The van der Waals surface area contributed by atoms with Crippen LogP contribution in [0.5, 0.6) is 0 Å². The van der Waals surface area contributed by atoms with Crippen LogP contribution in [-0.2, 0) is 0 Å². The molecule has 0 aromatic carbocycles. The van der Waals surface area contributed by atoms with Crippen molar-refractivity contribution >= 4 is 5.82 Å². The Labute approximate surface area is 95.9 Å². The molecule has 2 heterocycles. The maximum atomic E-state index is 9.06. The van der Waals surface area contributed by atoms with Crippen LogP contribution in [0.1, 0.15) is 32.3 Å². The molecule has 84 valence electrons. The molecule has 1 aromatic heterocycles. The van der Waals surface area contributed by atoms with Gasteiger partial charge in [-0.2, -0.15) is 10.4 Å². The van der Waals surface area contributed by atoms with E-state index in [1.54, 1.807) is 12.3 Å². The minimum absolute atomic E-state index is 0.490. The second-order valence-electron chi connectivity index (χ2n) is 4.53. The Morgan fingerprint density at radius 3 is 3.06 bits per heavy atom. The van der Waals surface area contributed by atoms with Gasteiger partial charge < -0.3 is 4.90 Å². The highest BCUT2D eigenvalue weighted by Gasteiger charge is 2.29. The summed E-state index contributed by atoms with van der Waals surface area (Å²) in [7, 11) is 0. The molecule has 1 aliphatic rings. The number of nitriles is 1. The van der Waals surface area contributed by atoms with Crippen molar-refractivity contribution in [2.24, 2.45) is 5.92 Å². The first-order chi connectivity index (χ1) is 7.74. The van der Waals surface area contributed by atoms with Gasteiger partial charge in [-0.25, -0.2) is 0 Å².